The van der Waals surface area contributed by atoms with E-state index < -0.39 is 0 Å². The van der Waals surface area contributed by atoms with E-state index >= 15 is 0 Å². The van der Waals surface area contributed by atoms with Crippen molar-refractivity contribution in [1.29, 1.82) is 0 Å². The first kappa shape index (κ1) is 10.8. The molecule has 1 fully saturated rings. The van der Waals surface area contributed by atoms with Gasteiger partial charge in [0.15, 0.2) is 18.3 Å². The molecular formula is C11H13ClN4O. The van der Waals surface area contributed by atoms with Crippen molar-refractivity contribution < 1.29 is 4.79 Å². The lowest BCUT2D eigenvalue weighted by Crippen LogP contribution is -2.43. The Labute approximate surface area is 104 Å². The number of nitrogens with one attached hydrogen (secondary N) is 1. The van der Waals surface area contributed by atoms with Crippen molar-refractivity contribution in [3.63, 3.8) is 0 Å². The summed E-state index contributed by atoms with van der Waals surface area (Å²) in [5.41, 5.74) is 0.790. The van der Waals surface area contributed by atoms with Gasteiger partial charge in [0.1, 0.15) is 0 Å². The summed E-state index contributed by atoms with van der Waals surface area (Å²) in [4.78, 5) is 21.4. The Morgan fingerprint density at radius 3 is 2.94 bits per heavy atom. The summed E-state index contributed by atoms with van der Waals surface area (Å²) in [7, 11) is 0. The average Bonchev–Trinajstić information content (AvgIpc) is 2.93. The summed E-state index contributed by atoms with van der Waals surface area (Å²) in [6, 6.07) is 0.380. The van der Waals surface area contributed by atoms with Crippen LogP contribution in [0.25, 0.3) is 0 Å². The van der Waals surface area contributed by atoms with E-state index in [4.69, 9.17) is 11.6 Å². The number of rotatable bonds is 2. The molecule has 1 atom stereocenters. The monoisotopic (exact) mass is 252 g/mol. The van der Waals surface area contributed by atoms with Gasteiger partial charge in [-0.1, -0.05) is 12.8 Å². The summed E-state index contributed by atoms with van der Waals surface area (Å²) >= 11 is 5.82. The van der Waals surface area contributed by atoms with Crippen molar-refractivity contribution in [2.45, 2.75) is 37.9 Å². The van der Waals surface area contributed by atoms with Crippen LogP contribution >= 0.6 is 11.6 Å². The molecule has 0 aromatic carbocycles. The maximum absolute atomic E-state index is 11.1. The first-order valence-corrected chi connectivity index (χ1v) is 6.20. The van der Waals surface area contributed by atoms with Gasteiger partial charge in [0, 0.05) is 6.04 Å². The van der Waals surface area contributed by atoms with Crippen LogP contribution in [0.1, 0.15) is 25.7 Å². The van der Waals surface area contributed by atoms with Crippen molar-refractivity contribution in [2.24, 2.45) is 0 Å². The zero-order chi connectivity index (χ0) is 11.8. The largest absolute Gasteiger partial charge is 0.355 e. The van der Waals surface area contributed by atoms with Crippen LogP contribution in [0.2, 0.25) is 5.28 Å². The van der Waals surface area contributed by atoms with E-state index in [2.05, 4.69) is 15.3 Å². The number of aldehydes is 1. The molecule has 90 valence electrons. The maximum Gasteiger partial charge on any atom is 0.224 e. The molecule has 1 aliphatic carbocycles. The zero-order valence-corrected chi connectivity index (χ0v) is 10.0. The van der Waals surface area contributed by atoms with Gasteiger partial charge in [-0.2, -0.15) is 4.98 Å². The number of halogens is 1. The molecule has 6 heteroatoms. The Bertz CT molecular complexity index is 447. The third kappa shape index (κ3) is 1.74. The molecule has 0 radical (unpaired) electrons. The van der Waals surface area contributed by atoms with Gasteiger partial charge in [0.2, 0.25) is 5.28 Å². The Balaban J connectivity index is 1.99. The molecule has 1 aliphatic heterocycles. The minimum atomic E-state index is -0.333. The molecule has 0 spiro atoms. The van der Waals surface area contributed by atoms with E-state index in [0.717, 1.165) is 30.6 Å². The maximum atomic E-state index is 11.1. The number of hydrogen-bond donors (Lipinski definition) is 1. The van der Waals surface area contributed by atoms with Crippen LogP contribution in [0.5, 0.6) is 0 Å². The fraction of sp³-hybridized carbons (Fsp3) is 0.545. The first-order chi connectivity index (χ1) is 8.29. The number of aromatic nitrogens is 2. The number of carbonyl (C=O) groups is 1. The highest BCUT2D eigenvalue weighted by Gasteiger charge is 2.36. The standard InChI is InChI=1S/C11H13ClN4O/c12-11-13-5-8-10(15-11)16(9(6-17)14-8)7-3-1-2-4-7/h5-7,9,14H,1-4H2. The minimum absolute atomic E-state index is 0.222. The average molecular weight is 253 g/mol. The predicted octanol–water partition coefficient (Wildman–Crippen LogP) is 1.83. The van der Waals surface area contributed by atoms with Gasteiger partial charge in [-0.15, -0.1) is 0 Å². The van der Waals surface area contributed by atoms with E-state index in [-0.39, 0.29) is 11.4 Å². The molecule has 1 aromatic heterocycles. The summed E-state index contributed by atoms with van der Waals surface area (Å²) in [5, 5.41) is 3.33. The summed E-state index contributed by atoms with van der Waals surface area (Å²) in [6.45, 7) is 0. The van der Waals surface area contributed by atoms with Gasteiger partial charge in [-0.25, -0.2) is 4.98 Å². The van der Waals surface area contributed by atoms with Crippen molar-refractivity contribution in [3.05, 3.63) is 11.5 Å². The Hall–Kier alpha value is -1.36. The highest BCUT2D eigenvalue weighted by Crippen LogP contribution is 2.37. The van der Waals surface area contributed by atoms with Gasteiger partial charge in [-0.05, 0) is 24.4 Å². The van der Waals surface area contributed by atoms with Gasteiger partial charge < -0.3 is 10.2 Å². The molecule has 1 saturated carbocycles. The number of anilines is 2. The SMILES string of the molecule is O=CC1Nc2cnc(Cl)nc2N1C1CCCC1. The van der Waals surface area contributed by atoms with Crippen LogP contribution in [0.4, 0.5) is 11.5 Å². The normalized spacial score (nSPS) is 23.6. The lowest BCUT2D eigenvalue weighted by molar-refractivity contribution is -0.108. The molecule has 1 aromatic rings. The van der Waals surface area contributed by atoms with E-state index in [0.29, 0.717) is 6.04 Å². The molecule has 17 heavy (non-hydrogen) atoms. The Morgan fingerprint density at radius 1 is 1.47 bits per heavy atom. The topological polar surface area (TPSA) is 58.1 Å². The summed E-state index contributed by atoms with van der Waals surface area (Å²) in [6.07, 6.45) is 6.84. The van der Waals surface area contributed by atoms with Crippen molar-refractivity contribution in [3.8, 4) is 0 Å². The number of hydrogen-bond acceptors (Lipinski definition) is 5. The minimum Gasteiger partial charge on any atom is -0.355 e. The van der Waals surface area contributed by atoms with Gasteiger partial charge in [-0.3, -0.25) is 4.79 Å². The molecular weight excluding hydrogens is 240 g/mol. The van der Waals surface area contributed by atoms with Gasteiger partial charge >= 0.3 is 0 Å². The lowest BCUT2D eigenvalue weighted by Gasteiger charge is -2.28. The molecule has 2 heterocycles. The van der Waals surface area contributed by atoms with Crippen molar-refractivity contribution in [1.82, 2.24) is 9.97 Å². The van der Waals surface area contributed by atoms with Crippen molar-refractivity contribution in [2.75, 3.05) is 10.2 Å². The van der Waals surface area contributed by atoms with E-state index in [1.54, 1.807) is 6.20 Å². The van der Waals surface area contributed by atoms with Gasteiger partial charge in [0.25, 0.3) is 0 Å². The molecule has 5 nitrogen and oxygen atoms in total. The molecule has 0 amide bonds. The zero-order valence-electron chi connectivity index (χ0n) is 9.27. The Morgan fingerprint density at radius 2 is 2.24 bits per heavy atom. The molecule has 2 aliphatic rings. The van der Waals surface area contributed by atoms with E-state index in [1.807, 2.05) is 4.90 Å². The number of carbonyl (C=O) groups excluding carboxylic acids is 1. The number of nitrogens with zero attached hydrogens (tertiary/aromatic N) is 3. The van der Waals surface area contributed by atoms with Crippen LogP contribution in [-0.4, -0.2) is 28.5 Å². The molecule has 0 bridgehead atoms. The second kappa shape index (κ2) is 4.14. The first-order valence-electron chi connectivity index (χ1n) is 5.82. The van der Waals surface area contributed by atoms with E-state index in [9.17, 15) is 4.79 Å². The second-order valence-electron chi connectivity index (χ2n) is 4.45. The van der Waals surface area contributed by atoms with Crippen LogP contribution in [0.3, 0.4) is 0 Å². The van der Waals surface area contributed by atoms with Crippen LogP contribution in [0, 0.1) is 0 Å². The highest BCUT2D eigenvalue weighted by atomic mass is 35.5. The third-order valence-electron chi connectivity index (χ3n) is 3.43. The lowest BCUT2D eigenvalue weighted by atomic mass is 10.2. The molecule has 3 rings (SSSR count). The third-order valence-corrected chi connectivity index (χ3v) is 3.62. The predicted molar refractivity (Wildman–Crippen MR) is 65.3 cm³/mol. The van der Waals surface area contributed by atoms with Gasteiger partial charge in [0.05, 0.1) is 11.9 Å². The molecule has 1 unspecified atom stereocenters. The van der Waals surface area contributed by atoms with Crippen LogP contribution in [-0.2, 0) is 4.79 Å². The smallest absolute Gasteiger partial charge is 0.224 e. The summed E-state index contributed by atoms with van der Waals surface area (Å²) in [5.74, 6) is 0.758. The fourth-order valence-corrected chi connectivity index (χ4v) is 2.82. The summed E-state index contributed by atoms with van der Waals surface area (Å²) < 4.78 is 0. The molecule has 0 saturated heterocycles. The fourth-order valence-electron chi connectivity index (χ4n) is 2.69. The highest BCUT2D eigenvalue weighted by molar-refractivity contribution is 6.28. The Kier molecular flexibility index (Phi) is 2.63. The van der Waals surface area contributed by atoms with Crippen LogP contribution in [0.15, 0.2) is 6.20 Å². The van der Waals surface area contributed by atoms with E-state index in [1.165, 1.54) is 12.8 Å². The van der Waals surface area contributed by atoms with Crippen molar-refractivity contribution >= 4 is 29.4 Å². The number of fused-ring (bicyclic) bond motifs is 1. The quantitative estimate of drug-likeness (QED) is 0.643. The second-order valence-corrected chi connectivity index (χ2v) is 4.79. The molecule has 1 N–H and O–H groups in total. The van der Waals surface area contributed by atoms with Crippen LogP contribution < -0.4 is 10.2 Å².